The molecule has 17 heavy (non-hydrogen) atoms. The maximum atomic E-state index is 11.5. The average molecular weight is 234 g/mol. The molecule has 0 atom stereocenters. The third-order valence-electron chi connectivity index (χ3n) is 3.04. The Morgan fingerprint density at radius 2 is 2.00 bits per heavy atom. The third-order valence-corrected chi connectivity index (χ3v) is 3.04. The van der Waals surface area contributed by atoms with Crippen molar-refractivity contribution < 1.29 is 9.53 Å². The molecule has 1 fully saturated rings. The van der Waals surface area contributed by atoms with Crippen molar-refractivity contribution in [2.75, 3.05) is 25.1 Å². The largest absolute Gasteiger partial charge is 0.464 e. The van der Waals surface area contributed by atoms with Gasteiger partial charge in [0.05, 0.1) is 7.11 Å². The molecular weight excluding hydrogens is 218 g/mol. The summed E-state index contributed by atoms with van der Waals surface area (Å²) in [5, 5.41) is 0. The Morgan fingerprint density at radius 1 is 1.29 bits per heavy atom. The summed E-state index contributed by atoms with van der Waals surface area (Å²) < 4.78 is 4.69. The van der Waals surface area contributed by atoms with Crippen LogP contribution < -0.4 is 4.90 Å². The Morgan fingerprint density at radius 3 is 2.65 bits per heavy atom. The molecule has 0 N–H and O–H groups in total. The predicted molar refractivity (Wildman–Crippen MR) is 63.0 cm³/mol. The number of anilines is 1. The number of carbonyl (C=O) groups excluding carboxylic acids is 1. The van der Waals surface area contributed by atoms with Gasteiger partial charge in [-0.1, -0.05) is 0 Å². The molecule has 91 valence electrons. The molecule has 0 aromatic carbocycles. The molecule has 0 spiro atoms. The molecule has 0 saturated carbocycles. The lowest BCUT2D eigenvalue weighted by Crippen LogP contribution is -2.31. The first-order valence-corrected chi connectivity index (χ1v) is 5.82. The summed E-state index contributed by atoms with van der Waals surface area (Å²) in [6.07, 6.45) is 6.13. The van der Waals surface area contributed by atoms with Crippen LogP contribution in [0.2, 0.25) is 0 Å². The van der Waals surface area contributed by atoms with Gasteiger partial charge in [-0.2, -0.15) is 0 Å². The first-order valence-electron chi connectivity index (χ1n) is 5.82. The molecule has 1 aliphatic rings. The van der Waals surface area contributed by atoms with Gasteiger partial charge in [-0.25, -0.2) is 14.8 Å². The van der Waals surface area contributed by atoms with E-state index in [-0.39, 0.29) is 0 Å². The fraction of sp³-hybridized carbons (Fsp3) is 0.583. The van der Waals surface area contributed by atoms with E-state index >= 15 is 0 Å². The van der Waals surface area contributed by atoms with Gasteiger partial charge in [0.1, 0.15) is 5.82 Å². The Balaban J connectivity index is 2.31. The molecule has 5 nitrogen and oxygen atoms in total. The molecule has 1 radical (unpaired) electrons. The summed E-state index contributed by atoms with van der Waals surface area (Å²) >= 11 is 0. The smallest absolute Gasteiger partial charge is 0.357 e. The fourth-order valence-electron chi connectivity index (χ4n) is 2.10. The van der Waals surface area contributed by atoms with Crippen LogP contribution in [-0.4, -0.2) is 36.1 Å². The Labute approximate surface area is 101 Å². The zero-order valence-corrected chi connectivity index (χ0v) is 10.2. The lowest BCUT2D eigenvalue weighted by molar-refractivity contribution is 0.0593. The van der Waals surface area contributed by atoms with Crippen molar-refractivity contribution in [3.63, 3.8) is 0 Å². The van der Waals surface area contributed by atoms with Crippen molar-refractivity contribution in [1.82, 2.24) is 9.97 Å². The molecule has 0 bridgehead atoms. The minimum atomic E-state index is -0.431. The normalized spacial score (nSPS) is 15.8. The minimum absolute atomic E-state index is 0.308. The van der Waals surface area contributed by atoms with Crippen molar-refractivity contribution >= 4 is 11.8 Å². The number of ether oxygens (including phenoxy) is 1. The fourth-order valence-corrected chi connectivity index (χ4v) is 2.10. The van der Waals surface area contributed by atoms with E-state index in [0.29, 0.717) is 5.69 Å². The van der Waals surface area contributed by atoms with Gasteiger partial charge < -0.3 is 9.64 Å². The van der Waals surface area contributed by atoms with Gasteiger partial charge in [0, 0.05) is 18.7 Å². The quantitative estimate of drug-likeness (QED) is 0.723. The van der Waals surface area contributed by atoms with Crippen molar-refractivity contribution in [3.8, 4) is 0 Å². The van der Waals surface area contributed by atoms with Crippen LogP contribution in [0.1, 0.15) is 35.3 Å². The lowest BCUT2D eigenvalue weighted by atomic mass is 10.1. The standard InChI is InChI=1S/C12H16N3O2/c1-9-10(12(16)17-2)13-8-14-11(9)15-6-4-3-5-7-15/h3-7H2,1-2H3. The van der Waals surface area contributed by atoms with E-state index in [2.05, 4.69) is 21.2 Å². The highest BCUT2D eigenvalue weighted by molar-refractivity contribution is 5.89. The Hall–Kier alpha value is -1.65. The van der Waals surface area contributed by atoms with E-state index in [0.717, 1.165) is 37.3 Å². The summed E-state index contributed by atoms with van der Waals surface area (Å²) in [5.41, 5.74) is 1.08. The van der Waals surface area contributed by atoms with Crippen LogP contribution in [0.3, 0.4) is 0 Å². The molecule has 2 rings (SSSR count). The zero-order valence-electron chi connectivity index (χ0n) is 10.2. The van der Waals surface area contributed by atoms with Gasteiger partial charge in [0.2, 0.25) is 6.33 Å². The second kappa shape index (κ2) is 5.12. The summed E-state index contributed by atoms with van der Waals surface area (Å²) in [6.45, 7) is 3.81. The Kier molecular flexibility index (Phi) is 3.56. The topological polar surface area (TPSA) is 55.3 Å². The monoisotopic (exact) mass is 234 g/mol. The van der Waals surface area contributed by atoms with E-state index in [9.17, 15) is 4.79 Å². The molecular formula is C12H16N3O2. The molecule has 1 aromatic heterocycles. The van der Waals surface area contributed by atoms with E-state index < -0.39 is 5.97 Å². The van der Waals surface area contributed by atoms with Crippen LogP contribution in [0, 0.1) is 13.3 Å². The predicted octanol–water partition coefficient (Wildman–Crippen LogP) is 1.36. The first-order chi connectivity index (χ1) is 8.24. The van der Waals surface area contributed by atoms with Crippen LogP contribution in [0.25, 0.3) is 0 Å². The summed E-state index contributed by atoms with van der Waals surface area (Å²) in [5.74, 6) is 0.375. The number of piperidine rings is 1. The number of nitrogens with zero attached hydrogens (tertiary/aromatic N) is 3. The molecule has 2 heterocycles. The minimum Gasteiger partial charge on any atom is -0.464 e. The van der Waals surface area contributed by atoms with Crippen LogP contribution in [0.5, 0.6) is 0 Å². The second-order valence-electron chi connectivity index (χ2n) is 4.16. The molecule has 5 heteroatoms. The van der Waals surface area contributed by atoms with Crippen molar-refractivity contribution in [3.05, 3.63) is 17.6 Å². The van der Waals surface area contributed by atoms with Crippen LogP contribution in [0.15, 0.2) is 0 Å². The van der Waals surface area contributed by atoms with Crippen molar-refractivity contribution in [2.45, 2.75) is 26.2 Å². The number of hydrogen-bond acceptors (Lipinski definition) is 5. The highest BCUT2D eigenvalue weighted by Gasteiger charge is 2.20. The number of carbonyl (C=O) groups is 1. The van der Waals surface area contributed by atoms with Crippen molar-refractivity contribution in [1.29, 1.82) is 0 Å². The highest BCUT2D eigenvalue weighted by Crippen LogP contribution is 2.22. The van der Waals surface area contributed by atoms with Crippen LogP contribution in [0.4, 0.5) is 5.82 Å². The number of hydrogen-bond donors (Lipinski definition) is 0. The highest BCUT2D eigenvalue weighted by atomic mass is 16.5. The SMILES string of the molecule is COC(=O)c1n[c]nc(N2CCCCC2)c1C. The van der Waals surface area contributed by atoms with Gasteiger partial charge in [0.25, 0.3) is 0 Å². The third kappa shape index (κ3) is 2.38. The number of rotatable bonds is 2. The van der Waals surface area contributed by atoms with Gasteiger partial charge in [0.15, 0.2) is 5.69 Å². The van der Waals surface area contributed by atoms with E-state index in [1.165, 1.54) is 13.5 Å². The van der Waals surface area contributed by atoms with E-state index in [1.54, 1.807) is 0 Å². The van der Waals surface area contributed by atoms with Gasteiger partial charge in [-0.05, 0) is 26.2 Å². The Bertz CT molecular complexity index is 414. The average Bonchev–Trinajstić information content (AvgIpc) is 2.39. The first kappa shape index (κ1) is 11.8. The van der Waals surface area contributed by atoms with Crippen LogP contribution >= 0.6 is 0 Å². The van der Waals surface area contributed by atoms with Crippen LogP contribution in [-0.2, 0) is 4.74 Å². The summed E-state index contributed by atoms with van der Waals surface area (Å²) in [7, 11) is 1.35. The van der Waals surface area contributed by atoms with Gasteiger partial charge in [-0.15, -0.1) is 0 Å². The molecule has 1 aromatic rings. The van der Waals surface area contributed by atoms with E-state index in [1.807, 2.05) is 6.92 Å². The second-order valence-corrected chi connectivity index (χ2v) is 4.16. The summed E-state index contributed by atoms with van der Waals surface area (Å²) in [4.78, 5) is 21.7. The number of methoxy groups -OCH3 is 1. The maximum Gasteiger partial charge on any atom is 0.357 e. The molecule has 1 saturated heterocycles. The number of esters is 1. The van der Waals surface area contributed by atoms with E-state index in [4.69, 9.17) is 4.74 Å². The molecule has 0 amide bonds. The lowest BCUT2D eigenvalue weighted by Gasteiger charge is -2.28. The molecule has 1 aliphatic heterocycles. The zero-order chi connectivity index (χ0) is 12.3. The molecule has 0 unspecified atom stereocenters. The number of aromatic nitrogens is 2. The van der Waals surface area contributed by atoms with Gasteiger partial charge in [-0.3, -0.25) is 0 Å². The summed E-state index contributed by atoms with van der Waals surface area (Å²) in [6, 6.07) is 0. The van der Waals surface area contributed by atoms with Gasteiger partial charge >= 0.3 is 5.97 Å². The van der Waals surface area contributed by atoms with Crippen molar-refractivity contribution in [2.24, 2.45) is 0 Å². The maximum absolute atomic E-state index is 11.5. The molecule has 0 aliphatic carbocycles.